The standard InChI is InChI=1S/C18H21F2N3O3S/c1-11-16(18(24)23-8-4-5-9-23)17(12(2)22(11)3)27(25,26)21-15-10-13(19)6-7-14(15)20/h6-7,10,21H,4-5,8-9H2,1-3H3. The summed E-state index contributed by atoms with van der Waals surface area (Å²) in [6.07, 6.45) is 1.73. The lowest BCUT2D eigenvalue weighted by atomic mass is 10.2. The molecule has 27 heavy (non-hydrogen) atoms. The summed E-state index contributed by atoms with van der Waals surface area (Å²) in [6, 6.07) is 2.50. The van der Waals surface area contributed by atoms with Crippen LogP contribution in [0.15, 0.2) is 23.1 Å². The molecule has 1 aliphatic heterocycles. The minimum absolute atomic E-state index is 0.0706. The first-order valence-electron chi connectivity index (χ1n) is 8.56. The maximum absolute atomic E-state index is 13.9. The molecule has 1 aromatic carbocycles. The van der Waals surface area contributed by atoms with Crippen LogP contribution in [0.25, 0.3) is 0 Å². The molecule has 0 bridgehead atoms. The summed E-state index contributed by atoms with van der Waals surface area (Å²) in [5, 5.41) is 0. The van der Waals surface area contributed by atoms with Crippen molar-refractivity contribution >= 4 is 21.6 Å². The van der Waals surface area contributed by atoms with Crippen LogP contribution in [0.4, 0.5) is 14.5 Å². The van der Waals surface area contributed by atoms with Gasteiger partial charge in [-0.3, -0.25) is 9.52 Å². The predicted molar refractivity (Wildman–Crippen MR) is 97.2 cm³/mol. The van der Waals surface area contributed by atoms with Gasteiger partial charge in [-0.15, -0.1) is 0 Å². The fourth-order valence-corrected chi connectivity index (χ4v) is 4.92. The number of hydrogen-bond acceptors (Lipinski definition) is 3. The lowest BCUT2D eigenvalue weighted by Crippen LogP contribution is -2.30. The molecule has 1 fully saturated rings. The first kappa shape index (κ1) is 19.3. The summed E-state index contributed by atoms with van der Waals surface area (Å²) < 4.78 is 57.1. The van der Waals surface area contributed by atoms with Crippen LogP contribution in [0.1, 0.15) is 34.6 Å². The summed E-state index contributed by atoms with van der Waals surface area (Å²) >= 11 is 0. The maximum Gasteiger partial charge on any atom is 0.264 e. The molecule has 1 N–H and O–H groups in total. The largest absolute Gasteiger partial charge is 0.350 e. The first-order chi connectivity index (χ1) is 12.6. The topological polar surface area (TPSA) is 71.4 Å². The van der Waals surface area contributed by atoms with E-state index in [1.54, 1.807) is 30.4 Å². The van der Waals surface area contributed by atoms with Crippen molar-refractivity contribution < 1.29 is 22.0 Å². The van der Waals surface area contributed by atoms with Gasteiger partial charge < -0.3 is 9.47 Å². The fourth-order valence-electron chi connectivity index (χ4n) is 3.35. The molecule has 1 saturated heterocycles. The molecule has 2 heterocycles. The lowest BCUT2D eigenvalue weighted by Gasteiger charge is -2.17. The van der Waals surface area contributed by atoms with Gasteiger partial charge in [0.15, 0.2) is 0 Å². The third-order valence-electron chi connectivity index (χ3n) is 4.97. The molecule has 0 saturated carbocycles. The molecule has 6 nitrogen and oxygen atoms in total. The monoisotopic (exact) mass is 397 g/mol. The Bertz CT molecular complexity index is 1010. The van der Waals surface area contributed by atoms with Gasteiger partial charge in [0.25, 0.3) is 15.9 Å². The Morgan fingerprint density at radius 2 is 1.74 bits per heavy atom. The van der Waals surface area contributed by atoms with E-state index in [1.807, 2.05) is 0 Å². The molecule has 1 aromatic heterocycles. The Hall–Kier alpha value is -2.42. The van der Waals surface area contributed by atoms with Crippen LogP contribution in [0, 0.1) is 25.5 Å². The Morgan fingerprint density at radius 1 is 1.11 bits per heavy atom. The first-order valence-corrected chi connectivity index (χ1v) is 10.0. The predicted octanol–water partition coefficient (Wildman–Crippen LogP) is 2.96. The zero-order valence-electron chi connectivity index (χ0n) is 15.3. The summed E-state index contributed by atoms with van der Waals surface area (Å²) in [6.45, 7) is 4.37. The van der Waals surface area contributed by atoms with E-state index in [2.05, 4.69) is 4.72 Å². The van der Waals surface area contributed by atoms with E-state index in [0.29, 0.717) is 24.5 Å². The lowest BCUT2D eigenvalue weighted by molar-refractivity contribution is 0.0788. The average molecular weight is 397 g/mol. The minimum Gasteiger partial charge on any atom is -0.350 e. The van der Waals surface area contributed by atoms with Crippen LogP contribution in [0.2, 0.25) is 0 Å². The number of carbonyl (C=O) groups is 1. The number of benzene rings is 1. The molecule has 0 aliphatic carbocycles. The van der Waals surface area contributed by atoms with Crippen molar-refractivity contribution in [3.63, 3.8) is 0 Å². The molecular weight excluding hydrogens is 376 g/mol. The van der Waals surface area contributed by atoms with Gasteiger partial charge in [0.1, 0.15) is 16.5 Å². The highest BCUT2D eigenvalue weighted by molar-refractivity contribution is 7.92. The number of sulfonamides is 1. The third-order valence-corrected chi connectivity index (χ3v) is 6.50. The fraction of sp³-hybridized carbons (Fsp3) is 0.389. The highest BCUT2D eigenvalue weighted by Crippen LogP contribution is 2.30. The van der Waals surface area contributed by atoms with E-state index in [1.165, 1.54) is 0 Å². The number of nitrogens with one attached hydrogen (secondary N) is 1. The molecule has 1 aliphatic rings. The second-order valence-electron chi connectivity index (χ2n) is 6.66. The third kappa shape index (κ3) is 3.43. The van der Waals surface area contributed by atoms with Crippen molar-refractivity contribution in [2.75, 3.05) is 17.8 Å². The number of aromatic nitrogens is 1. The number of anilines is 1. The second-order valence-corrected chi connectivity index (χ2v) is 8.28. The Balaban J connectivity index is 2.11. The van der Waals surface area contributed by atoms with Gasteiger partial charge in [0, 0.05) is 37.6 Å². The molecule has 1 amide bonds. The molecule has 0 unspecified atom stereocenters. The quantitative estimate of drug-likeness (QED) is 0.862. The molecule has 0 spiro atoms. The minimum atomic E-state index is -4.32. The molecule has 0 atom stereocenters. The van der Waals surface area contributed by atoms with Gasteiger partial charge in [-0.2, -0.15) is 0 Å². The number of amides is 1. The van der Waals surface area contributed by atoms with E-state index in [9.17, 15) is 22.0 Å². The van der Waals surface area contributed by atoms with Crippen molar-refractivity contribution in [3.8, 4) is 0 Å². The van der Waals surface area contributed by atoms with Crippen LogP contribution in [-0.2, 0) is 17.1 Å². The second kappa shape index (κ2) is 6.95. The Labute approximate surface area is 156 Å². The van der Waals surface area contributed by atoms with Crippen molar-refractivity contribution in [2.45, 2.75) is 31.6 Å². The molecule has 2 aromatic rings. The van der Waals surface area contributed by atoms with Crippen LogP contribution in [0.3, 0.4) is 0 Å². The average Bonchev–Trinajstić information content (AvgIpc) is 3.21. The number of halogens is 2. The van der Waals surface area contributed by atoms with Crippen LogP contribution < -0.4 is 4.72 Å². The Morgan fingerprint density at radius 3 is 2.37 bits per heavy atom. The number of rotatable bonds is 4. The van der Waals surface area contributed by atoms with Crippen LogP contribution >= 0.6 is 0 Å². The van der Waals surface area contributed by atoms with Gasteiger partial charge in [0.05, 0.1) is 11.3 Å². The highest BCUT2D eigenvalue weighted by atomic mass is 32.2. The smallest absolute Gasteiger partial charge is 0.264 e. The number of hydrogen-bond donors (Lipinski definition) is 1. The van der Waals surface area contributed by atoms with Crippen molar-refractivity contribution in [3.05, 3.63) is 46.8 Å². The van der Waals surface area contributed by atoms with Gasteiger partial charge in [-0.05, 0) is 38.8 Å². The summed E-state index contributed by atoms with van der Waals surface area (Å²) in [4.78, 5) is 14.4. The van der Waals surface area contributed by atoms with E-state index in [-0.39, 0.29) is 16.4 Å². The number of carbonyl (C=O) groups excluding carboxylic acids is 1. The summed E-state index contributed by atoms with van der Waals surface area (Å²) in [5.74, 6) is -2.05. The van der Waals surface area contributed by atoms with E-state index in [0.717, 1.165) is 31.0 Å². The molecule has 3 rings (SSSR count). The van der Waals surface area contributed by atoms with Crippen molar-refractivity contribution in [1.29, 1.82) is 0 Å². The summed E-state index contributed by atoms with van der Waals surface area (Å²) in [5.41, 5.74) is 0.417. The van der Waals surface area contributed by atoms with Crippen molar-refractivity contribution in [2.24, 2.45) is 7.05 Å². The molecule has 0 radical (unpaired) electrons. The van der Waals surface area contributed by atoms with Gasteiger partial charge in [-0.1, -0.05) is 0 Å². The van der Waals surface area contributed by atoms with Gasteiger partial charge >= 0.3 is 0 Å². The van der Waals surface area contributed by atoms with E-state index < -0.39 is 27.3 Å². The zero-order chi connectivity index (χ0) is 19.9. The molecule has 9 heteroatoms. The van der Waals surface area contributed by atoms with Gasteiger partial charge in [0.2, 0.25) is 0 Å². The van der Waals surface area contributed by atoms with Crippen LogP contribution in [0.5, 0.6) is 0 Å². The van der Waals surface area contributed by atoms with Crippen LogP contribution in [-0.4, -0.2) is 36.9 Å². The number of likely N-dealkylation sites (tertiary alicyclic amines) is 1. The number of nitrogens with zero attached hydrogens (tertiary/aromatic N) is 2. The SMILES string of the molecule is Cc1c(C(=O)N2CCCC2)c(S(=O)(=O)Nc2cc(F)ccc2F)c(C)n1C. The Kier molecular flexibility index (Phi) is 4.98. The zero-order valence-corrected chi connectivity index (χ0v) is 16.2. The van der Waals surface area contributed by atoms with E-state index >= 15 is 0 Å². The molecular formula is C18H21F2N3O3S. The van der Waals surface area contributed by atoms with E-state index in [4.69, 9.17) is 0 Å². The summed E-state index contributed by atoms with van der Waals surface area (Å²) in [7, 11) is -2.66. The maximum atomic E-state index is 13.9. The normalized spacial score (nSPS) is 14.6. The van der Waals surface area contributed by atoms with Gasteiger partial charge in [-0.25, -0.2) is 17.2 Å². The molecule has 146 valence electrons. The van der Waals surface area contributed by atoms with Crippen molar-refractivity contribution in [1.82, 2.24) is 9.47 Å². The highest BCUT2D eigenvalue weighted by Gasteiger charge is 2.34.